The fourth-order valence-corrected chi connectivity index (χ4v) is 2.43. The van der Waals surface area contributed by atoms with Gasteiger partial charge in [-0.25, -0.2) is 4.68 Å². The average Bonchev–Trinajstić information content (AvgIpc) is 3.05. The molecule has 1 aromatic carbocycles. The highest BCUT2D eigenvalue weighted by Crippen LogP contribution is 2.21. The van der Waals surface area contributed by atoms with Crippen molar-refractivity contribution < 1.29 is 14.7 Å². The van der Waals surface area contributed by atoms with Gasteiger partial charge in [-0.1, -0.05) is 18.2 Å². The van der Waals surface area contributed by atoms with Crippen molar-refractivity contribution in [3.8, 4) is 5.69 Å². The van der Waals surface area contributed by atoms with E-state index in [1.54, 1.807) is 10.9 Å². The van der Waals surface area contributed by atoms with Crippen molar-refractivity contribution in [2.24, 2.45) is 0 Å². The van der Waals surface area contributed by atoms with Gasteiger partial charge in [-0.05, 0) is 37.5 Å². The Morgan fingerprint density at radius 2 is 1.96 bits per heavy atom. The summed E-state index contributed by atoms with van der Waals surface area (Å²) in [5, 5.41) is 15.8. The van der Waals surface area contributed by atoms with Crippen LogP contribution in [0.5, 0.6) is 0 Å². The molecule has 23 heavy (non-hydrogen) atoms. The van der Waals surface area contributed by atoms with Gasteiger partial charge in [0.1, 0.15) is 0 Å². The summed E-state index contributed by atoms with van der Waals surface area (Å²) < 4.78 is 1.77. The summed E-state index contributed by atoms with van der Waals surface area (Å²) in [7, 11) is 0. The fourth-order valence-electron chi connectivity index (χ4n) is 2.43. The molecule has 0 saturated heterocycles. The Kier molecular flexibility index (Phi) is 5.91. The van der Waals surface area contributed by atoms with E-state index in [1.807, 2.05) is 43.5 Å². The molecule has 0 spiro atoms. The molecule has 0 aliphatic heterocycles. The molecule has 0 aliphatic carbocycles. The van der Waals surface area contributed by atoms with E-state index < -0.39 is 5.97 Å². The number of rotatable bonds is 8. The zero-order valence-corrected chi connectivity index (χ0v) is 13.1. The van der Waals surface area contributed by atoms with Gasteiger partial charge in [-0.3, -0.25) is 9.59 Å². The number of carbonyl (C=O) groups excluding carboxylic acids is 1. The number of hydrogen-bond donors (Lipinski definition) is 2. The summed E-state index contributed by atoms with van der Waals surface area (Å²) >= 11 is 0. The van der Waals surface area contributed by atoms with E-state index in [1.165, 1.54) is 0 Å². The van der Waals surface area contributed by atoms with Gasteiger partial charge in [0.05, 0.1) is 11.7 Å². The van der Waals surface area contributed by atoms with E-state index in [4.69, 9.17) is 5.11 Å². The van der Waals surface area contributed by atoms with Crippen molar-refractivity contribution in [2.45, 2.75) is 38.6 Å². The highest BCUT2D eigenvalue weighted by molar-refractivity contribution is 5.76. The number of amides is 1. The maximum Gasteiger partial charge on any atom is 0.303 e. The van der Waals surface area contributed by atoms with Gasteiger partial charge in [0.25, 0.3) is 0 Å². The van der Waals surface area contributed by atoms with Crippen molar-refractivity contribution in [2.75, 3.05) is 0 Å². The first kappa shape index (κ1) is 16.7. The van der Waals surface area contributed by atoms with Crippen LogP contribution in [-0.4, -0.2) is 26.8 Å². The summed E-state index contributed by atoms with van der Waals surface area (Å²) in [5.74, 6) is -0.898. The summed E-state index contributed by atoms with van der Waals surface area (Å²) in [4.78, 5) is 22.4. The maximum absolute atomic E-state index is 12.0. The van der Waals surface area contributed by atoms with Crippen LogP contribution in [0, 0.1) is 0 Å². The topological polar surface area (TPSA) is 84.2 Å². The lowest BCUT2D eigenvalue weighted by Crippen LogP contribution is -2.27. The normalized spacial score (nSPS) is 11.9. The van der Waals surface area contributed by atoms with Gasteiger partial charge in [-0.15, -0.1) is 0 Å². The zero-order chi connectivity index (χ0) is 16.7. The van der Waals surface area contributed by atoms with E-state index in [9.17, 15) is 9.59 Å². The third-order valence-corrected chi connectivity index (χ3v) is 3.58. The van der Waals surface area contributed by atoms with Crippen LogP contribution >= 0.6 is 0 Å². The maximum atomic E-state index is 12.0. The van der Waals surface area contributed by atoms with Crippen molar-refractivity contribution in [1.82, 2.24) is 15.1 Å². The molecule has 0 fully saturated rings. The van der Waals surface area contributed by atoms with Crippen molar-refractivity contribution >= 4 is 11.9 Å². The molecule has 2 rings (SSSR count). The first-order chi connectivity index (χ1) is 11.1. The lowest BCUT2D eigenvalue weighted by atomic mass is 10.1. The van der Waals surface area contributed by atoms with Gasteiger partial charge in [0.2, 0.25) is 5.91 Å². The van der Waals surface area contributed by atoms with Crippen LogP contribution in [-0.2, 0) is 9.59 Å². The Balaban J connectivity index is 1.94. The Morgan fingerprint density at radius 1 is 1.22 bits per heavy atom. The number of benzene rings is 1. The number of carboxylic acid groups (broad SMARTS) is 1. The molecule has 0 radical (unpaired) electrons. The molecular weight excluding hydrogens is 294 g/mol. The van der Waals surface area contributed by atoms with Gasteiger partial charge >= 0.3 is 5.97 Å². The Morgan fingerprint density at radius 3 is 2.65 bits per heavy atom. The Bertz CT molecular complexity index is 653. The molecule has 2 N–H and O–H groups in total. The minimum Gasteiger partial charge on any atom is -0.481 e. The van der Waals surface area contributed by atoms with Crippen LogP contribution in [0.2, 0.25) is 0 Å². The Hall–Kier alpha value is -2.63. The number of carboxylic acids is 1. The van der Waals surface area contributed by atoms with Crippen molar-refractivity contribution in [1.29, 1.82) is 0 Å². The molecule has 6 heteroatoms. The lowest BCUT2D eigenvalue weighted by Gasteiger charge is -2.18. The molecule has 2 aromatic rings. The minimum absolute atomic E-state index is 0.0712. The van der Waals surface area contributed by atoms with E-state index in [0.717, 1.165) is 11.3 Å². The molecule has 122 valence electrons. The van der Waals surface area contributed by atoms with Crippen LogP contribution < -0.4 is 5.32 Å². The largest absolute Gasteiger partial charge is 0.481 e. The van der Waals surface area contributed by atoms with Gasteiger partial charge in [0.15, 0.2) is 0 Å². The SMILES string of the molecule is CC(NC(=O)CCCCC(=O)O)c1ccccc1-n1cccn1. The number of aliphatic carboxylic acids is 1. The average molecular weight is 315 g/mol. The van der Waals surface area contributed by atoms with Crippen LogP contribution in [0.15, 0.2) is 42.7 Å². The summed E-state index contributed by atoms with van der Waals surface area (Å²) in [5.41, 5.74) is 1.91. The number of carbonyl (C=O) groups is 2. The summed E-state index contributed by atoms with van der Waals surface area (Å²) in [6, 6.07) is 9.48. The molecule has 0 aliphatic rings. The number of unbranched alkanes of at least 4 members (excludes halogenated alkanes) is 1. The molecule has 1 aromatic heterocycles. The monoisotopic (exact) mass is 315 g/mol. The summed E-state index contributed by atoms with van der Waals surface area (Å²) in [6.45, 7) is 1.93. The van der Waals surface area contributed by atoms with Crippen LogP contribution in [0.25, 0.3) is 5.69 Å². The first-order valence-corrected chi connectivity index (χ1v) is 7.68. The second kappa shape index (κ2) is 8.12. The molecular formula is C17H21N3O3. The molecule has 1 atom stereocenters. The fraction of sp³-hybridized carbons (Fsp3) is 0.353. The number of nitrogens with one attached hydrogen (secondary N) is 1. The number of aromatic nitrogens is 2. The highest BCUT2D eigenvalue weighted by Gasteiger charge is 2.14. The molecule has 0 bridgehead atoms. The second-order valence-corrected chi connectivity index (χ2v) is 5.40. The quantitative estimate of drug-likeness (QED) is 0.734. The van der Waals surface area contributed by atoms with E-state index in [0.29, 0.717) is 19.3 Å². The van der Waals surface area contributed by atoms with Gasteiger partial charge < -0.3 is 10.4 Å². The van der Waals surface area contributed by atoms with Crippen LogP contribution in [0.3, 0.4) is 0 Å². The Labute approximate surface area is 135 Å². The molecule has 1 amide bonds. The summed E-state index contributed by atoms with van der Waals surface area (Å²) in [6.07, 6.45) is 5.10. The van der Waals surface area contributed by atoms with Crippen LogP contribution in [0.1, 0.15) is 44.2 Å². The minimum atomic E-state index is -0.827. The molecule has 1 unspecified atom stereocenters. The smallest absolute Gasteiger partial charge is 0.303 e. The zero-order valence-electron chi connectivity index (χ0n) is 13.1. The molecule has 6 nitrogen and oxygen atoms in total. The highest BCUT2D eigenvalue weighted by atomic mass is 16.4. The lowest BCUT2D eigenvalue weighted by molar-refractivity contribution is -0.137. The molecule has 1 heterocycles. The van der Waals surface area contributed by atoms with E-state index >= 15 is 0 Å². The number of para-hydroxylation sites is 1. The predicted octanol–water partition coefficient (Wildman–Crippen LogP) is 2.69. The van der Waals surface area contributed by atoms with E-state index in [-0.39, 0.29) is 18.4 Å². The van der Waals surface area contributed by atoms with Gasteiger partial charge in [-0.2, -0.15) is 5.10 Å². The molecule has 0 saturated carbocycles. The van der Waals surface area contributed by atoms with Crippen molar-refractivity contribution in [3.63, 3.8) is 0 Å². The number of hydrogen-bond acceptors (Lipinski definition) is 3. The van der Waals surface area contributed by atoms with E-state index in [2.05, 4.69) is 10.4 Å². The van der Waals surface area contributed by atoms with Crippen molar-refractivity contribution in [3.05, 3.63) is 48.3 Å². The second-order valence-electron chi connectivity index (χ2n) is 5.40. The van der Waals surface area contributed by atoms with Gasteiger partial charge in [0, 0.05) is 25.2 Å². The third kappa shape index (κ3) is 4.95. The first-order valence-electron chi connectivity index (χ1n) is 7.68. The van der Waals surface area contributed by atoms with Crippen LogP contribution in [0.4, 0.5) is 0 Å². The third-order valence-electron chi connectivity index (χ3n) is 3.58. The predicted molar refractivity (Wildman–Crippen MR) is 86.2 cm³/mol. The standard InChI is InChI=1S/C17H21N3O3/c1-13(19-16(21)9-4-5-10-17(22)23)14-7-2-3-8-15(14)20-12-6-11-18-20/h2-3,6-8,11-13H,4-5,9-10H2,1H3,(H,19,21)(H,22,23). The number of nitrogens with zero attached hydrogens (tertiary/aromatic N) is 2.